The van der Waals surface area contributed by atoms with E-state index in [0.29, 0.717) is 11.3 Å². The van der Waals surface area contributed by atoms with Gasteiger partial charge in [0.25, 0.3) is 0 Å². The first-order valence-electron chi connectivity index (χ1n) is 11.6. The summed E-state index contributed by atoms with van der Waals surface area (Å²) in [6.07, 6.45) is 13.2. The molecular weight excluding hydrogens is 326 g/mol. The first kappa shape index (κ1) is 17.8. The van der Waals surface area contributed by atoms with Gasteiger partial charge in [-0.3, -0.25) is 0 Å². The van der Waals surface area contributed by atoms with Crippen LogP contribution in [-0.4, -0.2) is 0 Å². The van der Waals surface area contributed by atoms with Gasteiger partial charge in [0.1, 0.15) is 0 Å². The van der Waals surface area contributed by atoms with Crippen LogP contribution in [0.1, 0.15) is 88.7 Å². The van der Waals surface area contributed by atoms with E-state index in [1.165, 1.54) is 63.4 Å². The van der Waals surface area contributed by atoms with Crippen LogP contribution in [0.15, 0.2) is 24.3 Å². The Morgan fingerprint density at radius 2 is 1.81 bits per heavy atom. The third-order valence-corrected chi connectivity index (χ3v) is 9.63. The number of fused-ring (bicyclic) bond motifs is 5. The van der Waals surface area contributed by atoms with Gasteiger partial charge in [0.15, 0.2) is 0 Å². The fraction of sp³-hybridized carbons (Fsp3) is 0.731. The lowest BCUT2D eigenvalue weighted by Crippen LogP contribution is -2.48. The Morgan fingerprint density at radius 1 is 0.963 bits per heavy atom. The maximum Gasteiger partial charge on any atom is 0.0991 e. The second-order valence-corrected chi connectivity index (χ2v) is 10.8. The zero-order valence-corrected chi connectivity index (χ0v) is 17.2. The van der Waals surface area contributed by atoms with Gasteiger partial charge in [-0.25, -0.2) is 0 Å². The van der Waals surface area contributed by atoms with E-state index in [4.69, 9.17) is 0 Å². The number of benzene rings is 1. The normalized spacial score (nSPS) is 46.0. The van der Waals surface area contributed by atoms with E-state index in [0.717, 1.165) is 41.1 Å². The molecule has 27 heavy (non-hydrogen) atoms. The Kier molecular flexibility index (Phi) is 4.38. The average Bonchev–Trinajstić information content (AvgIpc) is 3.04. The van der Waals surface area contributed by atoms with Crippen molar-refractivity contribution in [3.05, 3.63) is 35.4 Å². The molecule has 8 atom stereocenters. The van der Waals surface area contributed by atoms with Crippen molar-refractivity contribution in [1.82, 2.24) is 0 Å². The number of nitrogens with zero attached hydrogens (tertiary/aromatic N) is 1. The summed E-state index contributed by atoms with van der Waals surface area (Å²) in [6.45, 7) is 5.09. The molecule has 144 valence electrons. The largest absolute Gasteiger partial charge is 0.192 e. The van der Waals surface area contributed by atoms with Crippen LogP contribution in [0.25, 0.3) is 0 Å². The monoisotopic (exact) mass is 361 g/mol. The van der Waals surface area contributed by atoms with Crippen LogP contribution < -0.4 is 0 Å². The lowest BCUT2D eigenvalue weighted by molar-refractivity contribution is -0.0595. The summed E-state index contributed by atoms with van der Waals surface area (Å²) in [5.41, 5.74) is 2.74. The summed E-state index contributed by atoms with van der Waals surface area (Å²) >= 11 is 0. The van der Waals surface area contributed by atoms with Gasteiger partial charge in [0.2, 0.25) is 0 Å². The highest BCUT2D eigenvalue weighted by atomic mass is 14.6. The number of nitriles is 1. The van der Waals surface area contributed by atoms with Crippen molar-refractivity contribution in [3.63, 3.8) is 0 Å². The molecule has 0 aromatic heterocycles. The molecule has 1 nitrogen and oxygen atoms in total. The number of hydrogen-bond donors (Lipinski definition) is 0. The van der Waals surface area contributed by atoms with E-state index in [-0.39, 0.29) is 0 Å². The van der Waals surface area contributed by atoms with E-state index in [1.54, 1.807) is 0 Å². The van der Waals surface area contributed by atoms with Gasteiger partial charge in [-0.1, -0.05) is 32.4 Å². The zero-order chi connectivity index (χ0) is 18.6. The number of hydrogen-bond acceptors (Lipinski definition) is 1. The van der Waals surface area contributed by atoms with E-state index in [2.05, 4.69) is 38.1 Å². The molecule has 4 saturated carbocycles. The second-order valence-electron chi connectivity index (χ2n) is 10.8. The highest BCUT2D eigenvalue weighted by Gasteiger charge is 2.57. The van der Waals surface area contributed by atoms with Gasteiger partial charge in [-0.2, -0.15) is 5.26 Å². The lowest BCUT2D eigenvalue weighted by atomic mass is 9.49. The Balaban J connectivity index is 1.40. The van der Waals surface area contributed by atoms with Gasteiger partial charge in [0, 0.05) is 0 Å². The first-order valence-corrected chi connectivity index (χ1v) is 11.6. The molecular formula is C26H35N. The van der Waals surface area contributed by atoms with Crippen molar-refractivity contribution in [2.75, 3.05) is 0 Å². The van der Waals surface area contributed by atoms with Crippen molar-refractivity contribution < 1.29 is 0 Å². The molecule has 0 amide bonds. The molecule has 8 unspecified atom stereocenters. The molecule has 0 radical (unpaired) electrons. The highest BCUT2D eigenvalue weighted by molar-refractivity contribution is 5.36. The van der Waals surface area contributed by atoms with Crippen LogP contribution in [0.2, 0.25) is 0 Å². The molecule has 1 aromatic carbocycles. The Morgan fingerprint density at radius 3 is 2.67 bits per heavy atom. The smallest absolute Gasteiger partial charge is 0.0991 e. The zero-order valence-electron chi connectivity index (χ0n) is 17.2. The quantitative estimate of drug-likeness (QED) is 0.532. The van der Waals surface area contributed by atoms with Crippen LogP contribution in [0, 0.1) is 52.3 Å². The molecule has 4 fully saturated rings. The van der Waals surface area contributed by atoms with Crippen LogP contribution in [-0.2, 0) is 0 Å². The summed E-state index contributed by atoms with van der Waals surface area (Å²) in [7, 11) is 0. The second kappa shape index (κ2) is 6.65. The van der Waals surface area contributed by atoms with Crippen molar-refractivity contribution in [2.45, 2.75) is 77.6 Å². The molecule has 0 aliphatic heterocycles. The minimum Gasteiger partial charge on any atom is -0.192 e. The van der Waals surface area contributed by atoms with Crippen molar-refractivity contribution in [1.29, 1.82) is 5.26 Å². The van der Waals surface area contributed by atoms with E-state index < -0.39 is 0 Å². The summed E-state index contributed by atoms with van der Waals surface area (Å²) in [5, 5.41) is 9.33. The van der Waals surface area contributed by atoms with Crippen LogP contribution in [0.4, 0.5) is 0 Å². The number of rotatable bonds is 1. The standard InChI is InChI=1S/C26H35N/c1-17-6-8-21-19(14-17)7-9-23-22(21)12-13-26(2)24(10-11-25(23)26)20-5-3-4-18(15-20)16-27/h3-5,15,17,19,21-25H,6-14H2,1-2H3. The maximum absolute atomic E-state index is 9.33. The van der Waals surface area contributed by atoms with Gasteiger partial charge in [-0.15, -0.1) is 0 Å². The molecule has 0 heterocycles. The fourth-order valence-electron chi connectivity index (χ4n) is 8.46. The van der Waals surface area contributed by atoms with E-state index in [9.17, 15) is 5.26 Å². The third kappa shape index (κ3) is 2.78. The Labute approximate surface area is 165 Å². The van der Waals surface area contributed by atoms with E-state index in [1.807, 2.05) is 6.07 Å². The predicted octanol–water partition coefficient (Wildman–Crippen LogP) is 6.93. The Hall–Kier alpha value is -1.29. The van der Waals surface area contributed by atoms with Crippen LogP contribution in [0.5, 0.6) is 0 Å². The predicted molar refractivity (Wildman–Crippen MR) is 110 cm³/mol. The minimum atomic E-state index is 0.462. The molecule has 0 N–H and O–H groups in total. The van der Waals surface area contributed by atoms with Gasteiger partial charge in [-0.05, 0) is 116 Å². The molecule has 1 aromatic rings. The summed E-state index contributed by atoms with van der Waals surface area (Å²) in [4.78, 5) is 0. The van der Waals surface area contributed by atoms with Crippen molar-refractivity contribution in [3.8, 4) is 6.07 Å². The summed E-state index contributed by atoms with van der Waals surface area (Å²) < 4.78 is 0. The summed E-state index contributed by atoms with van der Waals surface area (Å²) in [5.74, 6) is 6.67. The van der Waals surface area contributed by atoms with Gasteiger partial charge in [0.05, 0.1) is 11.6 Å². The molecule has 0 saturated heterocycles. The maximum atomic E-state index is 9.33. The van der Waals surface area contributed by atoms with E-state index >= 15 is 0 Å². The van der Waals surface area contributed by atoms with Crippen LogP contribution in [0.3, 0.4) is 0 Å². The average molecular weight is 362 g/mol. The molecule has 5 rings (SSSR count). The van der Waals surface area contributed by atoms with Crippen molar-refractivity contribution >= 4 is 0 Å². The fourth-order valence-corrected chi connectivity index (χ4v) is 8.46. The van der Waals surface area contributed by atoms with Crippen LogP contribution >= 0.6 is 0 Å². The molecule has 0 bridgehead atoms. The molecule has 4 aliphatic carbocycles. The molecule has 0 spiro atoms. The van der Waals surface area contributed by atoms with Gasteiger partial charge < -0.3 is 0 Å². The highest BCUT2D eigenvalue weighted by Crippen LogP contribution is 2.66. The third-order valence-electron chi connectivity index (χ3n) is 9.63. The van der Waals surface area contributed by atoms with Gasteiger partial charge >= 0.3 is 0 Å². The molecule has 1 heteroatoms. The Bertz CT molecular complexity index is 745. The minimum absolute atomic E-state index is 0.462. The van der Waals surface area contributed by atoms with Crippen molar-refractivity contribution in [2.24, 2.45) is 40.9 Å². The first-order chi connectivity index (χ1) is 13.1. The SMILES string of the molecule is CC1CCC2C(CCC3C2CCC2(C)C(c4cccc(C#N)c4)CCC32)C1. The lowest BCUT2D eigenvalue weighted by Gasteiger charge is -2.56. The summed E-state index contributed by atoms with van der Waals surface area (Å²) in [6, 6.07) is 10.9. The topological polar surface area (TPSA) is 23.8 Å². The molecule has 4 aliphatic rings.